The van der Waals surface area contributed by atoms with Crippen LogP contribution in [0.2, 0.25) is 0 Å². The molecule has 0 fully saturated rings. The predicted molar refractivity (Wildman–Crippen MR) is 50.3 cm³/mol. The molecule has 5 nitrogen and oxygen atoms in total. The summed E-state index contributed by atoms with van der Waals surface area (Å²) in [4.78, 5) is 25.7. The van der Waals surface area contributed by atoms with E-state index in [1.807, 2.05) is 6.92 Å². The summed E-state index contributed by atoms with van der Waals surface area (Å²) in [5.74, 6) is 0.0882. The maximum atomic E-state index is 10.5. The van der Waals surface area contributed by atoms with Crippen molar-refractivity contribution in [1.82, 2.24) is 5.48 Å². The first-order valence-electron chi connectivity index (χ1n) is 4.49. The van der Waals surface area contributed by atoms with Gasteiger partial charge in [0.05, 0.1) is 12.6 Å². The highest BCUT2D eigenvalue weighted by atomic mass is 16.6. The van der Waals surface area contributed by atoms with Crippen molar-refractivity contribution >= 4 is 11.9 Å². The molecule has 0 aromatic carbocycles. The van der Waals surface area contributed by atoms with Gasteiger partial charge in [0.1, 0.15) is 11.5 Å². The van der Waals surface area contributed by atoms with E-state index in [1.165, 1.54) is 12.9 Å². The fourth-order valence-electron chi connectivity index (χ4n) is 0.777. The normalized spacial score (nSPS) is 11.9. The molecule has 0 spiro atoms. The summed E-state index contributed by atoms with van der Waals surface area (Å²) in [6.45, 7) is 4.04. The Hall–Kier alpha value is -1.16. The number of aliphatic carboxylic acids is 1. The van der Waals surface area contributed by atoms with Crippen molar-refractivity contribution in [3.63, 3.8) is 0 Å². The monoisotopic (exact) mass is 201 g/mol. The molecule has 0 aliphatic rings. The molecule has 2 N–H and O–H groups in total. The van der Waals surface area contributed by atoms with Crippen LogP contribution in [0.4, 0.5) is 0 Å². The first-order valence-corrected chi connectivity index (χ1v) is 4.49. The van der Waals surface area contributed by atoms with E-state index in [-0.39, 0.29) is 5.57 Å². The second-order valence-corrected chi connectivity index (χ2v) is 2.86. The predicted octanol–water partition coefficient (Wildman–Crippen LogP) is 0.539. The second-order valence-electron chi connectivity index (χ2n) is 2.86. The van der Waals surface area contributed by atoms with Crippen LogP contribution in [0.3, 0.4) is 0 Å². The van der Waals surface area contributed by atoms with Crippen LogP contribution in [0.1, 0.15) is 26.7 Å². The Morgan fingerprint density at radius 2 is 2.29 bits per heavy atom. The lowest BCUT2D eigenvalue weighted by Crippen LogP contribution is -2.32. The SMILES string of the molecule is CCCCONC(C)C(=C=O)C(=O)O. The minimum Gasteiger partial charge on any atom is -0.477 e. The molecule has 0 heterocycles. The number of hydrogen-bond acceptors (Lipinski definition) is 4. The average Bonchev–Trinajstić information content (AvgIpc) is 2.13. The Balaban J connectivity index is 3.89. The van der Waals surface area contributed by atoms with Crippen LogP contribution in [0.15, 0.2) is 5.57 Å². The number of carbonyl (C=O) groups is 1. The highest BCUT2D eigenvalue weighted by Crippen LogP contribution is 1.97. The zero-order valence-electron chi connectivity index (χ0n) is 8.37. The minimum absolute atomic E-state index is 0.360. The lowest BCUT2D eigenvalue weighted by Gasteiger charge is -2.11. The molecule has 0 aliphatic heterocycles. The number of rotatable bonds is 7. The van der Waals surface area contributed by atoms with Crippen LogP contribution in [-0.2, 0) is 14.4 Å². The van der Waals surface area contributed by atoms with Gasteiger partial charge in [-0.2, -0.15) is 5.48 Å². The standard InChI is InChI=1S/C9H15NO4/c1-3-4-5-14-10-7(2)8(6-11)9(12)13/h7,10H,3-5H2,1-2H3,(H,12,13). The number of unbranched alkanes of at least 4 members (excludes halogenated alkanes) is 1. The Labute approximate surface area is 82.7 Å². The third kappa shape index (κ3) is 4.77. The Bertz CT molecular complexity index is 233. The molecule has 1 unspecified atom stereocenters. The number of hydroxylamine groups is 1. The summed E-state index contributed by atoms with van der Waals surface area (Å²) >= 11 is 0. The molecule has 1 atom stereocenters. The van der Waals surface area contributed by atoms with Gasteiger partial charge in [-0.1, -0.05) is 13.3 Å². The van der Waals surface area contributed by atoms with E-state index in [1.54, 1.807) is 0 Å². The smallest absolute Gasteiger partial charge is 0.344 e. The zero-order chi connectivity index (χ0) is 11.0. The summed E-state index contributed by atoms with van der Waals surface area (Å²) in [5, 5.41) is 8.55. The highest BCUT2D eigenvalue weighted by molar-refractivity contribution is 5.96. The number of carboxylic acids is 1. The highest BCUT2D eigenvalue weighted by Gasteiger charge is 2.16. The quantitative estimate of drug-likeness (QED) is 0.272. The summed E-state index contributed by atoms with van der Waals surface area (Å²) in [5.41, 5.74) is 2.11. The van der Waals surface area contributed by atoms with Crippen molar-refractivity contribution in [2.75, 3.05) is 6.61 Å². The molecule has 0 saturated heterocycles. The van der Waals surface area contributed by atoms with Crippen LogP contribution in [0.25, 0.3) is 0 Å². The summed E-state index contributed by atoms with van der Waals surface area (Å²) in [7, 11) is 0. The van der Waals surface area contributed by atoms with Crippen LogP contribution in [0, 0.1) is 0 Å². The van der Waals surface area contributed by atoms with Gasteiger partial charge in [0, 0.05) is 0 Å². The van der Waals surface area contributed by atoms with Crippen molar-refractivity contribution < 1.29 is 19.5 Å². The Kier molecular flexibility index (Phi) is 6.66. The van der Waals surface area contributed by atoms with Gasteiger partial charge in [0.2, 0.25) is 0 Å². The number of hydrogen-bond donors (Lipinski definition) is 2. The molecule has 0 rings (SSSR count). The van der Waals surface area contributed by atoms with Crippen molar-refractivity contribution in [3.8, 4) is 0 Å². The van der Waals surface area contributed by atoms with E-state index in [2.05, 4.69) is 5.48 Å². The van der Waals surface area contributed by atoms with E-state index < -0.39 is 12.0 Å². The van der Waals surface area contributed by atoms with Gasteiger partial charge in [-0.15, -0.1) is 0 Å². The third-order valence-electron chi connectivity index (χ3n) is 1.63. The number of carbonyl (C=O) groups excluding carboxylic acids is 1. The van der Waals surface area contributed by atoms with Gasteiger partial charge in [-0.05, 0) is 13.3 Å². The average molecular weight is 201 g/mol. The molecule has 0 amide bonds. The fraction of sp³-hybridized carbons (Fsp3) is 0.667. The topological polar surface area (TPSA) is 75.6 Å². The van der Waals surface area contributed by atoms with Gasteiger partial charge in [0.25, 0.3) is 0 Å². The van der Waals surface area contributed by atoms with E-state index in [0.29, 0.717) is 6.61 Å². The molecule has 0 bridgehead atoms. The molecule has 0 aromatic rings. The molecular weight excluding hydrogens is 186 g/mol. The van der Waals surface area contributed by atoms with E-state index in [0.717, 1.165) is 12.8 Å². The van der Waals surface area contributed by atoms with Gasteiger partial charge < -0.3 is 9.94 Å². The van der Waals surface area contributed by atoms with Gasteiger partial charge in [-0.25, -0.2) is 9.59 Å². The molecule has 80 valence electrons. The molecule has 0 radical (unpaired) electrons. The molecule has 0 aliphatic carbocycles. The Morgan fingerprint density at radius 1 is 1.64 bits per heavy atom. The maximum Gasteiger partial charge on any atom is 0.344 e. The summed E-state index contributed by atoms with van der Waals surface area (Å²) in [6, 6.07) is -0.651. The minimum atomic E-state index is -1.28. The van der Waals surface area contributed by atoms with Crippen molar-refractivity contribution in [3.05, 3.63) is 5.57 Å². The maximum absolute atomic E-state index is 10.5. The Morgan fingerprint density at radius 3 is 2.71 bits per heavy atom. The zero-order valence-corrected chi connectivity index (χ0v) is 8.37. The van der Waals surface area contributed by atoms with E-state index in [9.17, 15) is 9.59 Å². The van der Waals surface area contributed by atoms with Gasteiger partial charge in [-0.3, -0.25) is 0 Å². The first kappa shape index (κ1) is 12.8. The summed E-state index contributed by atoms with van der Waals surface area (Å²) in [6.07, 6.45) is 1.87. The van der Waals surface area contributed by atoms with Crippen molar-refractivity contribution in [2.24, 2.45) is 0 Å². The molecule has 14 heavy (non-hydrogen) atoms. The fourth-order valence-corrected chi connectivity index (χ4v) is 0.777. The molecule has 5 heteroatoms. The van der Waals surface area contributed by atoms with Crippen molar-refractivity contribution in [1.29, 1.82) is 0 Å². The van der Waals surface area contributed by atoms with Crippen LogP contribution < -0.4 is 5.48 Å². The number of carboxylic acid groups (broad SMARTS) is 1. The first-order chi connectivity index (χ1) is 6.63. The van der Waals surface area contributed by atoms with Gasteiger partial charge in [0.15, 0.2) is 0 Å². The summed E-state index contributed by atoms with van der Waals surface area (Å²) < 4.78 is 0. The molecular formula is C9H15NO4. The molecule has 0 saturated carbocycles. The number of nitrogens with one attached hydrogen (secondary N) is 1. The van der Waals surface area contributed by atoms with Gasteiger partial charge >= 0.3 is 5.97 Å². The third-order valence-corrected chi connectivity index (χ3v) is 1.63. The molecule has 0 aromatic heterocycles. The largest absolute Gasteiger partial charge is 0.477 e. The van der Waals surface area contributed by atoms with Crippen molar-refractivity contribution in [2.45, 2.75) is 32.7 Å². The van der Waals surface area contributed by atoms with Crippen LogP contribution >= 0.6 is 0 Å². The lowest BCUT2D eigenvalue weighted by atomic mass is 10.2. The van der Waals surface area contributed by atoms with E-state index >= 15 is 0 Å². The van der Waals surface area contributed by atoms with Crippen LogP contribution in [0.5, 0.6) is 0 Å². The lowest BCUT2D eigenvalue weighted by molar-refractivity contribution is -0.133. The van der Waals surface area contributed by atoms with Crippen LogP contribution in [-0.4, -0.2) is 29.7 Å². The van der Waals surface area contributed by atoms with E-state index in [4.69, 9.17) is 9.94 Å². The second kappa shape index (κ2) is 7.26.